The maximum atomic E-state index is 10.4. The smallest absolute Gasteiger partial charge is 0.304 e. The van der Waals surface area contributed by atoms with Crippen LogP contribution in [0.5, 0.6) is 0 Å². The SMILES string of the molecule is CC.CC(F)(F)F.CC=O.CCl.Cc1ccccc1C(C)(C)ON. The number of aryl methyl sites for hydroxylation is 1. The summed E-state index contributed by atoms with van der Waals surface area (Å²) in [5.74, 6) is 5.21. The zero-order valence-corrected chi connectivity index (χ0v) is 16.5. The standard InChI is InChI=1S/C10H15NO.C2H3F3.C2H4O.C2H6.CH3Cl/c1-8-6-4-5-7-9(8)10(2,3)12-11;1-2(3,4)5;1-2-3;2*1-2/h4-7H,11H2,1-3H3;1H3;2H,1H3;1-2H3;1H3. The van der Waals surface area contributed by atoms with Crippen molar-refractivity contribution < 1.29 is 22.8 Å². The summed E-state index contributed by atoms with van der Waals surface area (Å²) < 4.78 is 31.1. The lowest BCUT2D eigenvalue weighted by atomic mass is 9.94. The average molecular weight is 374 g/mol. The van der Waals surface area contributed by atoms with Gasteiger partial charge in [0.15, 0.2) is 0 Å². The molecule has 3 nitrogen and oxygen atoms in total. The molecule has 0 aliphatic carbocycles. The highest BCUT2D eigenvalue weighted by molar-refractivity contribution is 6.15. The molecule has 2 N–H and O–H groups in total. The molecule has 7 heteroatoms. The van der Waals surface area contributed by atoms with Gasteiger partial charge in [-0.15, -0.1) is 11.6 Å². The van der Waals surface area contributed by atoms with Crippen molar-refractivity contribution in [3.8, 4) is 0 Å². The van der Waals surface area contributed by atoms with Gasteiger partial charge in [0.25, 0.3) is 0 Å². The van der Waals surface area contributed by atoms with Crippen molar-refractivity contribution in [3.05, 3.63) is 35.4 Å². The first-order valence-corrected chi connectivity index (χ1v) is 8.03. The van der Waals surface area contributed by atoms with Crippen LogP contribution in [0.3, 0.4) is 0 Å². The van der Waals surface area contributed by atoms with Crippen LogP contribution in [0.4, 0.5) is 13.2 Å². The Balaban J connectivity index is -0.000000140. The topological polar surface area (TPSA) is 52.3 Å². The molecule has 144 valence electrons. The monoisotopic (exact) mass is 373 g/mol. The summed E-state index contributed by atoms with van der Waals surface area (Å²) in [6.45, 7) is 11.6. The summed E-state index contributed by atoms with van der Waals surface area (Å²) in [4.78, 5) is 13.7. The lowest BCUT2D eigenvalue weighted by molar-refractivity contribution is -0.110. The predicted molar refractivity (Wildman–Crippen MR) is 96.1 cm³/mol. The molecule has 0 aliphatic heterocycles. The van der Waals surface area contributed by atoms with Gasteiger partial charge in [0, 0.05) is 13.3 Å². The first kappa shape index (κ1) is 30.7. The minimum Gasteiger partial charge on any atom is -0.304 e. The molecule has 0 bridgehead atoms. The molecule has 24 heavy (non-hydrogen) atoms. The van der Waals surface area contributed by atoms with Gasteiger partial charge < -0.3 is 4.79 Å². The Labute approximate surface area is 149 Å². The Hall–Kier alpha value is -1.11. The second-order valence-corrected chi connectivity index (χ2v) is 4.46. The molecule has 0 heterocycles. The fraction of sp³-hybridized carbons (Fsp3) is 0.588. The molecule has 1 aromatic carbocycles. The van der Waals surface area contributed by atoms with E-state index in [-0.39, 0.29) is 6.92 Å². The second-order valence-electron chi connectivity index (χ2n) is 4.46. The highest BCUT2D eigenvalue weighted by atomic mass is 35.5. The van der Waals surface area contributed by atoms with Crippen LogP contribution in [-0.4, -0.2) is 18.8 Å². The van der Waals surface area contributed by atoms with Gasteiger partial charge >= 0.3 is 6.18 Å². The zero-order valence-electron chi connectivity index (χ0n) is 15.8. The predicted octanol–water partition coefficient (Wildman–Crippen LogP) is 5.78. The van der Waals surface area contributed by atoms with E-state index in [1.54, 1.807) is 0 Å². The van der Waals surface area contributed by atoms with Gasteiger partial charge in [-0.3, -0.25) is 4.84 Å². The molecule has 1 rings (SSSR count). The van der Waals surface area contributed by atoms with Crippen molar-refractivity contribution >= 4 is 17.9 Å². The van der Waals surface area contributed by atoms with Gasteiger partial charge in [0.1, 0.15) is 11.9 Å². The molecule has 0 atom stereocenters. The summed E-state index contributed by atoms with van der Waals surface area (Å²) >= 11 is 4.64. The Kier molecular flexibility index (Phi) is 23.4. The third kappa shape index (κ3) is 23.2. The molecule has 0 saturated carbocycles. The first-order valence-electron chi connectivity index (χ1n) is 7.28. The van der Waals surface area contributed by atoms with Crippen molar-refractivity contribution in [1.82, 2.24) is 0 Å². The fourth-order valence-corrected chi connectivity index (χ4v) is 1.31. The fourth-order valence-electron chi connectivity index (χ4n) is 1.31. The molecule has 0 unspecified atom stereocenters. The first-order chi connectivity index (χ1) is 11.0. The lowest BCUT2D eigenvalue weighted by Crippen LogP contribution is -2.26. The summed E-state index contributed by atoms with van der Waals surface area (Å²) in [6.07, 6.45) is -1.78. The lowest BCUT2D eigenvalue weighted by Gasteiger charge is -2.23. The second kappa shape index (κ2) is 18.2. The van der Waals surface area contributed by atoms with Crippen LogP contribution in [0.25, 0.3) is 0 Å². The van der Waals surface area contributed by atoms with E-state index in [2.05, 4.69) is 24.6 Å². The van der Waals surface area contributed by atoms with Gasteiger partial charge in [0.05, 0.1) is 0 Å². The molecular weight excluding hydrogens is 343 g/mol. The van der Waals surface area contributed by atoms with Gasteiger partial charge in [-0.2, -0.15) is 13.2 Å². The zero-order chi connectivity index (χ0) is 20.4. The van der Waals surface area contributed by atoms with Crippen LogP contribution in [0.1, 0.15) is 52.7 Å². The quantitative estimate of drug-likeness (QED) is 0.406. The summed E-state index contributed by atoms with van der Waals surface area (Å²) in [7, 11) is 0. The minimum absolute atomic E-state index is 0.188. The number of aldehydes is 1. The van der Waals surface area contributed by atoms with E-state index in [4.69, 9.17) is 15.5 Å². The number of halogens is 4. The number of rotatable bonds is 2. The van der Waals surface area contributed by atoms with Gasteiger partial charge in [-0.25, -0.2) is 5.90 Å². The molecule has 0 spiro atoms. The van der Waals surface area contributed by atoms with E-state index in [1.165, 1.54) is 18.9 Å². The van der Waals surface area contributed by atoms with E-state index in [0.29, 0.717) is 0 Å². The van der Waals surface area contributed by atoms with Crippen molar-refractivity contribution in [2.75, 3.05) is 6.38 Å². The Morgan fingerprint density at radius 1 is 1.08 bits per heavy atom. The summed E-state index contributed by atoms with van der Waals surface area (Å²) in [6, 6.07) is 8.08. The molecule has 0 radical (unpaired) electrons. The Morgan fingerprint density at radius 2 is 1.38 bits per heavy atom. The molecule has 0 saturated heterocycles. The van der Waals surface area contributed by atoms with Crippen molar-refractivity contribution in [3.63, 3.8) is 0 Å². The number of hydrogen-bond acceptors (Lipinski definition) is 3. The average Bonchev–Trinajstić information content (AvgIpc) is 2.51. The van der Waals surface area contributed by atoms with Gasteiger partial charge in [0.2, 0.25) is 0 Å². The van der Waals surface area contributed by atoms with Crippen molar-refractivity contribution in [2.24, 2.45) is 5.90 Å². The van der Waals surface area contributed by atoms with Crippen molar-refractivity contribution in [1.29, 1.82) is 0 Å². The van der Waals surface area contributed by atoms with Gasteiger partial charge in [-0.1, -0.05) is 38.1 Å². The number of alkyl halides is 4. The Morgan fingerprint density at radius 3 is 1.62 bits per heavy atom. The number of carbonyl (C=O) groups is 1. The summed E-state index contributed by atoms with van der Waals surface area (Å²) in [5.41, 5.74) is 1.94. The van der Waals surface area contributed by atoms with E-state index in [1.807, 2.05) is 45.9 Å². The number of hydrogen-bond donors (Lipinski definition) is 1. The van der Waals surface area contributed by atoms with E-state index >= 15 is 0 Å². The molecule has 0 amide bonds. The normalized spacial score (nSPS) is 9.38. The molecule has 1 aromatic rings. The third-order valence-corrected chi connectivity index (χ3v) is 2.09. The highest BCUT2D eigenvalue weighted by Crippen LogP contribution is 2.25. The maximum Gasteiger partial charge on any atom is 0.386 e. The minimum atomic E-state index is -4.00. The van der Waals surface area contributed by atoms with Gasteiger partial charge in [-0.05, 0) is 38.8 Å². The third-order valence-electron chi connectivity index (χ3n) is 2.09. The largest absolute Gasteiger partial charge is 0.386 e. The van der Waals surface area contributed by atoms with Crippen LogP contribution < -0.4 is 5.90 Å². The van der Waals surface area contributed by atoms with Crippen LogP contribution >= 0.6 is 11.6 Å². The number of carbonyl (C=O) groups excluding carboxylic acids is 1. The number of nitrogens with two attached hydrogens (primary N) is 1. The van der Waals surface area contributed by atoms with Crippen LogP contribution in [-0.2, 0) is 15.2 Å². The molecular formula is C17H31ClF3NO2. The summed E-state index contributed by atoms with van der Waals surface area (Å²) in [5, 5.41) is 0. The molecule has 0 aliphatic rings. The van der Waals surface area contributed by atoms with E-state index in [9.17, 15) is 13.2 Å². The maximum absolute atomic E-state index is 10.4. The van der Waals surface area contributed by atoms with E-state index < -0.39 is 11.8 Å². The van der Waals surface area contributed by atoms with Crippen LogP contribution in [0.15, 0.2) is 24.3 Å². The Bertz CT molecular complexity index is 392. The van der Waals surface area contributed by atoms with Crippen molar-refractivity contribution in [2.45, 2.75) is 60.2 Å². The molecule has 0 aromatic heterocycles. The highest BCUT2D eigenvalue weighted by Gasteiger charge is 2.21. The van der Waals surface area contributed by atoms with Crippen LogP contribution in [0.2, 0.25) is 0 Å². The van der Waals surface area contributed by atoms with E-state index in [0.717, 1.165) is 11.8 Å². The van der Waals surface area contributed by atoms with Crippen LogP contribution in [0, 0.1) is 6.92 Å². The number of benzene rings is 1. The molecule has 0 fully saturated rings.